The van der Waals surface area contributed by atoms with E-state index in [0.717, 1.165) is 6.42 Å². The number of carbonyl (C=O) groups is 2. The minimum absolute atomic E-state index is 0.133. The van der Waals surface area contributed by atoms with Gasteiger partial charge in [-0.15, -0.1) is 0 Å². The third-order valence-electron chi connectivity index (χ3n) is 4.09. The molecule has 0 spiro atoms. The van der Waals surface area contributed by atoms with Gasteiger partial charge in [0.25, 0.3) is 0 Å². The predicted octanol–water partition coefficient (Wildman–Crippen LogP) is 1.02. The third-order valence-corrected chi connectivity index (χ3v) is 4.09. The van der Waals surface area contributed by atoms with Crippen molar-refractivity contribution in [1.82, 2.24) is 10.2 Å². The molecule has 2 amide bonds. The second-order valence-corrected chi connectivity index (χ2v) is 5.86. The molecular weight excluding hydrogens is 313 g/mol. The summed E-state index contributed by atoms with van der Waals surface area (Å²) >= 11 is 0. The lowest BCUT2D eigenvalue weighted by atomic mass is 10.2. The van der Waals surface area contributed by atoms with Crippen molar-refractivity contribution in [1.29, 1.82) is 0 Å². The first-order valence-corrected chi connectivity index (χ1v) is 8.06. The zero-order valence-electron chi connectivity index (χ0n) is 14.1. The van der Waals surface area contributed by atoms with E-state index in [4.69, 9.17) is 4.74 Å². The Morgan fingerprint density at radius 3 is 2.92 bits per heavy atom. The van der Waals surface area contributed by atoms with Crippen LogP contribution in [0, 0.1) is 5.82 Å². The Kier molecular flexibility index (Phi) is 6.69. The van der Waals surface area contributed by atoms with Crippen molar-refractivity contribution in [2.75, 3.05) is 45.3 Å². The highest BCUT2D eigenvalue weighted by molar-refractivity contribution is 5.99. The summed E-state index contributed by atoms with van der Waals surface area (Å²) in [4.78, 5) is 27.6. The fourth-order valence-electron chi connectivity index (χ4n) is 2.82. The fourth-order valence-corrected chi connectivity index (χ4v) is 2.82. The molecule has 1 unspecified atom stereocenters. The Morgan fingerprint density at radius 2 is 2.21 bits per heavy atom. The number of anilines is 1. The molecule has 0 bridgehead atoms. The Bertz CT molecular complexity index is 582. The van der Waals surface area contributed by atoms with Crippen molar-refractivity contribution < 1.29 is 18.7 Å². The summed E-state index contributed by atoms with van der Waals surface area (Å²) in [6, 6.07) is 5.83. The molecule has 1 aromatic rings. The number of likely N-dealkylation sites (N-methyl/N-ethyl adjacent to an activating group) is 1. The Balaban J connectivity index is 1.88. The maximum Gasteiger partial charge on any atom is 0.244 e. The fraction of sp³-hybridized carbons (Fsp3) is 0.529. The number of nitrogens with one attached hydrogen (secondary N) is 1. The molecule has 1 atom stereocenters. The van der Waals surface area contributed by atoms with Crippen LogP contribution in [-0.2, 0) is 14.3 Å². The molecule has 6 nitrogen and oxygen atoms in total. The van der Waals surface area contributed by atoms with E-state index in [1.54, 1.807) is 37.3 Å². The lowest BCUT2D eigenvalue weighted by molar-refractivity contribution is -0.125. The summed E-state index contributed by atoms with van der Waals surface area (Å²) in [6.45, 7) is 1.72. The van der Waals surface area contributed by atoms with Gasteiger partial charge in [0.2, 0.25) is 11.8 Å². The summed E-state index contributed by atoms with van der Waals surface area (Å²) in [5.74, 6) is -0.717. The maximum absolute atomic E-state index is 13.9. The van der Waals surface area contributed by atoms with Gasteiger partial charge in [-0.3, -0.25) is 14.5 Å². The van der Waals surface area contributed by atoms with E-state index in [0.29, 0.717) is 31.8 Å². The average Bonchev–Trinajstić information content (AvgIpc) is 2.93. The van der Waals surface area contributed by atoms with E-state index in [9.17, 15) is 14.0 Å². The van der Waals surface area contributed by atoms with Crippen LogP contribution in [0.3, 0.4) is 0 Å². The zero-order chi connectivity index (χ0) is 17.5. The average molecular weight is 337 g/mol. The van der Waals surface area contributed by atoms with Crippen LogP contribution in [-0.4, -0.2) is 63.2 Å². The van der Waals surface area contributed by atoms with Crippen LogP contribution in [0.25, 0.3) is 0 Å². The van der Waals surface area contributed by atoms with Crippen LogP contribution in [0.15, 0.2) is 24.3 Å². The summed E-state index contributed by atoms with van der Waals surface area (Å²) < 4.78 is 18.8. The molecule has 132 valence electrons. The van der Waals surface area contributed by atoms with Gasteiger partial charge < -0.3 is 15.0 Å². The van der Waals surface area contributed by atoms with Gasteiger partial charge in [0, 0.05) is 26.8 Å². The van der Waals surface area contributed by atoms with Crippen molar-refractivity contribution in [3.05, 3.63) is 30.1 Å². The first-order chi connectivity index (χ1) is 11.5. The number of methoxy groups -OCH3 is 1. The first kappa shape index (κ1) is 18.4. The number of hydrogen-bond acceptors (Lipinski definition) is 4. The number of carbonyl (C=O) groups excluding carboxylic acids is 2. The largest absolute Gasteiger partial charge is 0.385 e. The molecular formula is C17H24FN3O3. The number of hydrogen-bond donors (Lipinski definition) is 1. The lowest BCUT2D eigenvalue weighted by Gasteiger charge is -2.23. The van der Waals surface area contributed by atoms with Crippen LogP contribution in [0.1, 0.15) is 12.8 Å². The number of para-hydroxylation sites is 1. The normalized spacial score (nSPS) is 17.6. The zero-order valence-corrected chi connectivity index (χ0v) is 14.1. The van der Waals surface area contributed by atoms with E-state index in [2.05, 4.69) is 5.32 Å². The number of ether oxygens (including phenoxy) is 1. The quantitative estimate of drug-likeness (QED) is 0.720. The summed E-state index contributed by atoms with van der Waals surface area (Å²) in [5.41, 5.74) is 0.294. The highest BCUT2D eigenvalue weighted by atomic mass is 19.1. The number of benzene rings is 1. The van der Waals surface area contributed by atoms with Gasteiger partial charge in [0.15, 0.2) is 0 Å². The lowest BCUT2D eigenvalue weighted by Crippen LogP contribution is -2.45. The van der Waals surface area contributed by atoms with Gasteiger partial charge in [-0.1, -0.05) is 12.1 Å². The van der Waals surface area contributed by atoms with Crippen molar-refractivity contribution >= 4 is 17.5 Å². The smallest absolute Gasteiger partial charge is 0.244 e. The molecule has 2 rings (SSSR count). The van der Waals surface area contributed by atoms with Crippen LogP contribution < -0.4 is 10.2 Å². The number of amides is 2. The Hall–Kier alpha value is -1.99. The van der Waals surface area contributed by atoms with E-state index < -0.39 is 11.9 Å². The van der Waals surface area contributed by atoms with Gasteiger partial charge in [0.1, 0.15) is 5.82 Å². The van der Waals surface area contributed by atoms with Crippen LogP contribution in [0.5, 0.6) is 0 Å². The molecule has 0 radical (unpaired) electrons. The summed E-state index contributed by atoms with van der Waals surface area (Å²) in [7, 11) is 3.35. The molecule has 1 fully saturated rings. The minimum atomic E-state index is -0.412. The Morgan fingerprint density at radius 1 is 1.46 bits per heavy atom. The molecule has 1 aliphatic heterocycles. The van der Waals surface area contributed by atoms with E-state index in [1.807, 2.05) is 0 Å². The molecule has 1 saturated heterocycles. The topological polar surface area (TPSA) is 61.9 Å². The van der Waals surface area contributed by atoms with Gasteiger partial charge in [-0.2, -0.15) is 0 Å². The van der Waals surface area contributed by atoms with Crippen molar-refractivity contribution in [2.24, 2.45) is 0 Å². The molecule has 0 aromatic heterocycles. The molecule has 0 saturated carbocycles. The van der Waals surface area contributed by atoms with Crippen molar-refractivity contribution in [3.63, 3.8) is 0 Å². The molecule has 1 aliphatic rings. The standard InChI is InChI=1S/C17H24FN3O3/c1-20(12-16(22)19-9-5-11-24-2)15-8-10-21(17(15)23)14-7-4-3-6-13(14)18/h3-4,6-7,15H,5,8-12H2,1-2H3,(H,19,22). The van der Waals surface area contributed by atoms with Crippen molar-refractivity contribution in [2.45, 2.75) is 18.9 Å². The van der Waals surface area contributed by atoms with Gasteiger partial charge >= 0.3 is 0 Å². The number of nitrogens with zero attached hydrogens (tertiary/aromatic N) is 2. The van der Waals surface area contributed by atoms with Gasteiger partial charge in [-0.05, 0) is 32.0 Å². The number of halogens is 1. The highest BCUT2D eigenvalue weighted by Gasteiger charge is 2.36. The predicted molar refractivity (Wildman–Crippen MR) is 89.3 cm³/mol. The SMILES string of the molecule is COCCCNC(=O)CN(C)C1CCN(c2ccccc2F)C1=O. The molecule has 7 heteroatoms. The molecule has 24 heavy (non-hydrogen) atoms. The highest BCUT2D eigenvalue weighted by Crippen LogP contribution is 2.26. The molecule has 1 aromatic carbocycles. The molecule has 0 aliphatic carbocycles. The number of rotatable bonds is 8. The van der Waals surface area contributed by atoms with E-state index >= 15 is 0 Å². The third kappa shape index (κ3) is 4.52. The van der Waals surface area contributed by atoms with E-state index in [-0.39, 0.29) is 18.4 Å². The summed E-state index contributed by atoms with van der Waals surface area (Å²) in [5, 5.41) is 2.79. The van der Waals surface area contributed by atoms with Gasteiger partial charge in [0.05, 0.1) is 18.3 Å². The van der Waals surface area contributed by atoms with Crippen LogP contribution in [0.2, 0.25) is 0 Å². The van der Waals surface area contributed by atoms with Crippen LogP contribution >= 0.6 is 0 Å². The molecule has 1 N–H and O–H groups in total. The maximum atomic E-state index is 13.9. The monoisotopic (exact) mass is 337 g/mol. The first-order valence-electron chi connectivity index (χ1n) is 8.06. The van der Waals surface area contributed by atoms with Crippen LogP contribution in [0.4, 0.5) is 10.1 Å². The molecule has 1 heterocycles. The summed E-state index contributed by atoms with van der Waals surface area (Å²) in [6.07, 6.45) is 1.32. The second-order valence-electron chi connectivity index (χ2n) is 5.86. The minimum Gasteiger partial charge on any atom is -0.385 e. The van der Waals surface area contributed by atoms with Crippen molar-refractivity contribution in [3.8, 4) is 0 Å². The van der Waals surface area contributed by atoms with E-state index in [1.165, 1.54) is 11.0 Å². The van der Waals surface area contributed by atoms with Gasteiger partial charge in [-0.25, -0.2) is 4.39 Å². The Labute approximate surface area is 141 Å². The second kappa shape index (κ2) is 8.75.